The van der Waals surface area contributed by atoms with Crippen LogP contribution >= 0.6 is 0 Å². The number of aldehydes is 1. The molecule has 0 aliphatic heterocycles. The van der Waals surface area contributed by atoms with Gasteiger partial charge in [0, 0.05) is 5.56 Å². The maximum atomic E-state index is 12.8. The molecular weight excluding hydrogens is 269 g/mol. The summed E-state index contributed by atoms with van der Waals surface area (Å²) in [6, 6.07) is 11.9. The lowest BCUT2D eigenvalue weighted by Crippen LogP contribution is -2.09. The summed E-state index contributed by atoms with van der Waals surface area (Å²) in [4.78, 5) is 10.7. The predicted molar refractivity (Wildman–Crippen MR) is 67.6 cm³/mol. The van der Waals surface area contributed by atoms with Gasteiger partial charge in [-0.3, -0.25) is 4.79 Å². The van der Waals surface area contributed by atoms with Crippen LogP contribution < -0.4 is 4.74 Å². The van der Waals surface area contributed by atoms with Crippen molar-refractivity contribution in [3.8, 4) is 5.75 Å². The predicted octanol–water partition coefficient (Wildman–Crippen LogP) is 4.10. The van der Waals surface area contributed by atoms with E-state index in [9.17, 15) is 18.0 Å². The molecule has 20 heavy (non-hydrogen) atoms. The molecule has 0 saturated heterocycles. The molecular formula is C15H11F3O2. The van der Waals surface area contributed by atoms with Crippen molar-refractivity contribution in [3.63, 3.8) is 0 Å². The topological polar surface area (TPSA) is 26.3 Å². The Hall–Kier alpha value is -2.30. The molecule has 0 fully saturated rings. The normalized spacial score (nSPS) is 11.2. The summed E-state index contributed by atoms with van der Waals surface area (Å²) in [5.74, 6) is -0.342. The molecule has 0 atom stereocenters. The van der Waals surface area contributed by atoms with Crippen LogP contribution in [-0.4, -0.2) is 6.29 Å². The van der Waals surface area contributed by atoms with Gasteiger partial charge in [-0.1, -0.05) is 36.4 Å². The second kappa shape index (κ2) is 5.77. The Morgan fingerprint density at radius 3 is 2.35 bits per heavy atom. The van der Waals surface area contributed by atoms with E-state index in [-0.39, 0.29) is 17.9 Å². The van der Waals surface area contributed by atoms with Gasteiger partial charge in [-0.05, 0) is 17.7 Å². The molecule has 2 nitrogen and oxygen atoms in total. The zero-order valence-electron chi connectivity index (χ0n) is 10.4. The maximum absolute atomic E-state index is 12.8. The SMILES string of the molecule is O=Cc1ccc(C(F)(F)F)c(OCc2ccccc2)c1. The van der Waals surface area contributed by atoms with E-state index < -0.39 is 11.7 Å². The highest BCUT2D eigenvalue weighted by Crippen LogP contribution is 2.36. The largest absolute Gasteiger partial charge is 0.488 e. The Kier molecular flexibility index (Phi) is 4.08. The lowest BCUT2D eigenvalue weighted by Gasteiger charge is -2.14. The molecule has 0 radical (unpaired) electrons. The summed E-state index contributed by atoms with van der Waals surface area (Å²) in [6.45, 7) is 0.00618. The van der Waals surface area contributed by atoms with Crippen LogP contribution in [0.1, 0.15) is 21.5 Å². The fraction of sp³-hybridized carbons (Fsp3) is 0.133. The van der Waals surface area contributed by atoms with Crippen molar-refractivity contribution in [1.29, 1.82) is 0 Å². The Bertz CT molecular complexity index is 592. The number of rotatable bonds is 4. The smallest absolute Gasteiger partial charge is 0.419 e. The number of alkyl halides is 3. The molecule has 0 spiro atoms. The van der Waals surface area contributed by atoms with Crippen LogP contribution in [0.5, 0.6) is 5.75 Å². The number of ether oxygens (including phenoxy) is 1. The summed E-state index contributed by atoms with van der Waals surface area (Å²) < 4.78 is 43.7. The van der Waals surface area contributed by atoms with E-state index in [1.165, 1.54) is 0 Å². The maximum Gasteiger partial charge on any atom is 0.419 e. The fourth-order valence-corrected chi connectivity index (χ4v) is 1.70. The third kappa shape index (κ3) is 3.38. The average molecular weight is 280 g/mol. The van der Waals surface area contributed by atoms with Gasteiger partial charge in [-0.15, -0.1) is 0 Å². The van der Waals surface area contributed by atoms with Crippen molar-refractivity contribution in [3.05, 3.63) is 65.2 Å². The quantitative estimate of drug-likeness (QED) is 0.788. The second-order valence-electron chi connectivity index (χ2n) is 4.15. The van der Waals surface area contributed by atoms with Crippen LogP contribution in [0.25, 0.3) is 0 Å². The van der Waals surface area contributed by atoms with Crippen LogP contribution in [0.4, 0.5) is 13.2 Å². The summed E-state index contributed by atoms with van der Waals surface area (Å²) in [5, 5.41) is 0. The monoisotopic (exact) mass is 280 g/mol. The molecule has 0 aliphatic carbocycles. The zero-order chi connectivity index (χ0) is 14.6. The first kappa shape index (κ1) is 14.1. The van der Waals surface area contributed by atoms with E-state index >= 15 is 0 Å². The summed E-state index contributed by atoms with van der Waals surface area (Å²) in [7, 11) is 0. The van der Waals surface area contributed by atoms with Crippen LogP contribution in [0, 0.1) is 0 Å². The number of hydrogen-bond acceptors (Lipinski definition) is 2. The van der Waals surface area contributed by atoms with E-state index in [0.717, 1.165) is 23.8 Å². The average Bonchev–Trinajstić information content (AvgIpc) is 2.45. The van der Waals surface area contributed by atoms with Crippen molar-refractivity contribution in [2.45, 2.75) is 12.8 Å². The number of halogens is 3. The van der Waals surface area contributed by atoms with Crippen LogP contribution in [0.2, 0.25) is 0 Å². The highest BCUT2D eigenvalue weighted by atomic mass is 19.4. The van der Waals surface area contributed by atoms with Crippen LogP contribution in [0.3, 0.4) is 0 Å². The number of benzene rings is 2. The first-order valence-corrected chi connectivity index (χ1v) is 5.84. The molecule has 0 bridgehead atoms. The van der Waals surface area contributed by atoms with Gasteiger partial charge in [-0.2, -0.15) is 13.2 Å². The molecule has 0 aromatic heterocycles. The standard InChI is InChI=1S/C15H11F3O2/c16-15(17,18)13-7-6-12(9-19)8-14(13)20-10-11-4-2-1-3-5-11/h1-9H,10H2. The van der Waals surface area contributed by atoms with Crippen molar-refractivity contribution >= 4 is 6.29 Å². The summed E-state index contributed by atoms with van der Waals surface area (Å²) >= 11 is 0. The molecule has 2 aromatic carbocycles. The van der Waals surface area contributed by atoms with Gasteiger partial charge in [0.15, 0.2) is 0 Å². The summed E-state index contributed by atoms with van der Waals surface area (Å²) in [5.41, 5.74) is -0.00257. The van der Waals surface area contributed by atoms with E-state index in [4.69, 9.17) is 4.74 Å². The Morgan fingerprint density at radius 1 is 1.05 bits per heavy atom. The second-order valence-corrected chi connectivity index (χ2v) is 4.15. The third-order valence-corrected chi connectivity index (χ3v) is 2.68. The molecule has 0 amide bonds. The zero-order valence-corrected chi connectivity index (χ0v) is 10.4. The molecule has 0 N–H and O–H groups in total. The number of carbonyl (C=O) groups excluding carboxylic acids is 1. The van der Waals surface area contributed by atoms with Crippen molar-refractivity contribution in [2.75, 3.05) is 0 Å². The first-order chi connectivity index (χ1) is 9.50. The number of hydrogen-bond donors (Lipinski definition) is 0. The number of carbonyl (C=O) groups is 1. The van der Waals surface area contributed by atoms with Gasteiger partial charge in [0.1, 0.15) is 18.6 Å². The lowest BCUT2D eigenvalue weighted by molar-refractivity contribution is -0.139. The van der Waals surface area contributed by atoms with Crippen LogP contribution in [-0.2, 0) is 12.8 Å². The van der Waals surface area contributed by atoms with Gasteiger partial charge in [0.05, 0.1) is 5.56 Å². The highest BCUT2D eigenvalue weighted by Gasteiger charge is 2.34. The third-order valence-electron chi connectivity index (χ3n) is 2.68. The Balaban J connectivity index is 2.26. The Labute approximate surface area is 113 Å². The van der Waals surface area contributed by atoms with E-state index in [0.29, 0.717) is 6.29 Å². The molecule has 5 heteroatoms. The highest BCUT2D eigenvalue weighted by molar-refractivity contribution is 5.76. The first-order valence-electron chi connectivity index (χ1n) is 5.84. The van der Waals surface area contributed by atoms with Gasteiger partial charge >= 0.3 is 6.18 Å². The minimum absolute atomic E-state index is 0.00618. The van der Waals surface area contributed by atoms with Gasteiger partial charge in [0.25, 0.3) is 0 Å². The minimum atomic E-state index is -4.52. The minimum Gasteiger partial charge on any atom is -0.488 e. The molecule has 0 aliphatic rings. The van der Waals surface area contributed by atoms with E-state index in [1.54, 1.807) is 30.3 Å². The molecule has 104 valence electrons. The molecule has 2 aromatic rings. The van der Waals surface area contributed by atoms with E-state index in [2.05, 4.69) is 0 Å². The molecule has 0 unspecified atom stereocenters. The van der Waals surface area contributed by atoms with Crippen LogP contribution in [0.15, 0.2) is 48.5 Å². The van der Waals surface area contributed by atoms with Gasteiger partial charge in [-0.25, -0.2) is 0 Å². The molecule has 0 saturated carbocycles. The van der Waals surface area contributed by atoms with Crippen molar-refractivity contribution in [1.82, 2.24) is 0 Å². The van der Waals surface area contributed by atoms with E-state index in [1.807, 2.05) is 0 Å². The van der Waals surface area contributed by atoms with Crippen molar-refractivity contribution in [2.24, 2.45) is 0 Å². The Morgan fingerprint density at radius 2 is 1.75 bits per heavy atom. The lowest BCUT2D eigenvalue weighted by atomic mass is 10.1. The molecule has 2 rings (SSSR count). The van der Waals surface area contributed by atoms with Crippen molar-refractivity contribution < 1.29 is 22.7 Å². The van der Waals surface area contributed by atoms with Gasteiger partial charge in [0.2, 0.25) is 0 Å². The van der Waals surface area contributed by atoms with Gasteiger partial charge < -0.3 is 4.74 Å². The molecule has 0 heterocycles. The fourth-order valence-electron chi connectivity index (χ4n) is 1.70. The summed E-state index contributed by atoms with van der Waals surface area (Å²) in [6.07, 6.45) is -4.04.